The monoisotopic (exact) mass is 242 g/mol. The molecule has 0 aliphatic heterocycles. The van der Waals surface area contributed by atoms with E-state index in [2.05, 4.69) is 11.8 Å². The van der Waals surface area contributed by atoms with E-state index < -0.39 is 12.2 Å². The summed E-state index contributed by atoms with van der Waals surface area (Å²) < 4.78 is 5.05. The molecule has 0 radical (unpaired) electrons. The summed E-state index contributed by atoms with van der Waals surface area (Å²) in [6.45, 7) is 0. The Morgan fingerprint density at radius 1 is 1.06 bits per heavy atom. The molecule has 3 heteroatoms. The van der Waals surface area contributed by atoms with Crippen molar-refractivity contribution < 1.29 is 14.6 Å². The molecule has 2 N–H and O–H groups in total. The van der Waals surface area contributed by atoms with Crippen LogP contribution < -0.4 is 0 Å². The molecule has 0 bridgehead atoms. The highest BCUT2D eigenvalue weighted by molar-refractivity contribution is 5.34. The third-order valence-electron chi connectivity index (χ3n) is 2.48. The normalized spacial score (nSPS) is 13.4. The maximum atomic E-state index is 9.76. The predicted molar refractivity (Wildman–Crippen MR) is 67.6 cm³/mol. The second-order valence-corrected chi connectivity index (χ2v) is 3.92. The van der Waals surface area contributed by atoms with Gasteiger partial charge in [-0.3, -0.25) is 0 Å². The van der Waals surface area contributed by atoms with Gasteiger partial charge in [0.15, 0.2) is 0 Å². The van der Waals surface area contributed by atoms with Crippen LogP contribution in [0.25, 0.3) is 0 Å². The maximum Gasteiger partial charge on any atom is 0.132 e. The van der Waals surface area contributed by atoms with Crippen molar-refractivity contribution in [2.24, 2.45) is 0 Å². The summed E-state index contributed by atoms with van der Waals surface area (Å²) >= 11 is 0. The molecule has 2 rings (SSSR count). The molecule has 0 spiro atoms. The van der Waals surface area contributed by atoms with Crippen LogP contribution in [0.1, 0.15) is 23.8 Å². The van der Waals surface area contributed by atoms with E-state index in [-0.39, 0.29) is 6.42 Å². The Bertz CT molecular complexity index is 520. The van der Waals surface area contributed by atoms with E-state index in [1.54, 1.807) is 12.1 Å². The standard InChI is InChI=1S/C15H14O3/c16-13(9-8-12-5-2-1-3-6-12)11-14(17)15-7-4-10-18-15/h1-7,10,13-14,16-17H,11H2/t13-,14-/m0/s1. The highest BCUT2D eigenvalue weighted by atomic mass is 16.4. The summed E-state index contributed by atoms with van der Waals surface area (Å²) in [5.74, 6) is 5.99. The summed E-state index contributed by atoms with van der Waals surface area (Å²) in [5.41, 5.74) is 0.837. The van der Waals surface area contributed by atoms with Gasteiger partial charge in [0, 0.05) is 12.0 Å². The average Bonchev–Trinajstić information content (AvgIpc) is 2.91. The van der Waals surface area contributed by atoms with Crippen molar-refractivity contribution in [3.63, 3.8) is 0 Å². The number of furan rings is 1. The van der Waals surface area contributed by atoms with Crippen molar-refractivity contribution in [3.8, 4) is 11.8 Å². The molecule has 2 aromatic rings. The van der Waals surface area contributed by atoms with Crippen LogP contribution in [0.2, 0.25) is 0 Å². The number of hydrogen-bond acceptors (Lipinski definition) is 3. The first-order valence-electron chi connectivity index (χ1n) is 5.72. The molecule has 0 aliphatic carbocycles. The second-order valence-electron chi connectivity index (χ2n) is 3.92. The molecule has 2 atom stereocenters. The van der Waals surface area contributed by atoms with Gasteiger partial charge in [0.05, 0.1) is 6.26 Å². The van der Waals surface area contributed by atoms with Gasteiger partial charge in [-0.25, -0.2) is 0 Å². The largest absolute Gasteiger partial charge is 0.467 e. The summed E-state index contributed by atoms with van der Waals surface area (Å²) in [4.78, 5) is 0. The van der Waals surface area contributed by atoms with Crippen LogP contribution in [0.3, 0.4) is 0 Å². The van der Waals surface area contributed by atoms with Crippen molar-refractivity contribution in [1.82, 2.24) is 0 Å². The molecular weight excluding hydrogens is 228 g/mol. The second kappa shape index (κ2) is 6.06. The lowest BCUT2D eigenvalue weighted by Gasteiger charge is -2.08. The lowest BCUT2D eigenvalue weighted by atomic mass is 10.1. The zero-order valence-electron chi connectivity index (χ0n) is 9.78. The van der Waals surface area contributed by atoms with Crippen molar-refractivity contribution in [2.45, 2.75) is 18.6 Å². The minimum atomic E-state index is -0.884. The van der Waals surface area contributed by atoms with E-state index in [0.29, 0.717) is 5.76 Å². The van der Waals surface area contributed by atoms with Crippen LogP contribution >= 0.6 is 0 Å². The van der Waals surface area contributed by atoms with Gasteiger partial charge in [0.2, 0.25) is 0 Å². The molecule has 0 saturated carbocycles. The lowest BCUT2D eigenvalue weighted by molar-refractivity contribution is 0.0915. The van der Waals surface area contributed by atoms with Gasteiger partial charge in [0.25, 0.3) is 0 Å². The van der Waals surface area contributed by atoms with Crippen LogP contribution in [0, 0.1) is 11.8 Å². The number of aliphatic hydroxyl groups excluding tert-OH is 2. The van der Waals surface area contributed by atoms with Crippen molar-refractivity contribution >= 4 is 0 Å². The first-order valence-corrected chi connectivity index (χ1v) is 5.72. The Hall–Kier alpha value is -2.02. The fraction of sp³-hybridized carbons (Fsp3) is 0.200. The molecule has 0 saturated heterocycles. The van der Waals surface area contributed by atoms with Crippen LogP contribution in [-0.2, 0) is 0 Å². The van der Waals surface area contributed by atoms with Gasteiger partial charge in [-0.05, 0) is 24.3 Å². The fourth-order valence-corrected chi connectivity index (χ4v) is 1.56. The Labute approximate surface area is 106 Å². The number of hydrogen-bond donors (Lipinski definition) is 2. The topological polar surface area (TPSA) is 53.6 Å². The number of benzene rings is 1. The maximum absolute atomic E-state index is 9.76. The predicted octanol–water partition coefficient (Wildman–Crippen LogP) is 2.12. The Balaban J connectivity index is 1.93. The molecule has 1 aromatic heterocycles. The van der Waals surface area contributed by atoms with Crippen LogP contribution in [-0.4, -0.2) is 16.3 Å². The zero-order valence-corrected chi connectivity index (χ0v) is 9.78. The van der Waals surface area contributed by atoms with E-state index >= 15 is 0 Å². The van der Waals surface area contributed by atoms with E-state index in [1.165, 1.54) is 6.26 Å². The highest BCUT2D eigenvalue weighted by Gasteiger charge is 2.14. The molecule has 92 valence electrons. The zero-order chi connectivity index (χ0) is 12.8. The van der Waals surface area contributed by atoms with Crippen LogP contribution in [0.15, 0.2) is 53.1 Å². The summed E-state index contributed by atoms with van der Waals surface area (Å²) in [5, 5.41) is 19.5. The first kappa shape index (κ1) is 12.4. The average molecular weight is 242 g/mol. The van der Waals surface area contributed by atoms with Gasteiger partial charge in [-0.2, -0.15) is 0 Å². The molecule has 0 amide bonds. The molecule has 1 aromatic carbocycles. The van der Waals surface area contributed by atoms with Crippen molar-refractivity contribution in [3.05, 3.63) is 60.1 Å². The van der Waals surface area contributed by atoms with Crippen LogP contribution in [0.4, 0.5) is 0 Å². The summed E-state index contributed by atoms with van der Waals surface area (Å²) in [7, 11) is 0. The third-order valence-corrected chi connectivity index (χ3v) is 2.48. The molecule has 1 heterocycles. The fourth-order valence-electron chi connectivity index (χ4n) is 1.56. The third kappa shape index (κ3) is 3.49. The molecular formula is C15H14O3. The van der Waals surface area contributed by atoms with Gasteiger partial charge in [0.1, 0.15) is 18.0 Å². The van der Waals surface area contributed by atoms with E-state index in [1.807, 2.05) is 30.3 Å². The summed E-state index contributed by atoms with van der Waals surface area (Å²) in [6.07, 6.45) is -0.0983. The lowest BCUT2D eigenvalue weighted by Crippen LogP contribution is -2.09. The number of rotatable bonds is 3. The van der Waals surface area contributed by atoms with E-state index in [0.717, 1.165) is 5.56 Å². The molecule has 0 unspecified atom stereocenters. The van der Waals surface area contributed by atoms with Gasteiger partial charge in [-0.15, -0.1) is 0 Å². The smallest absolute Gasteiger partial charge is 0.132 e. The van der Waals surface area contributed by atoms with Crippen LogP contribution in [0.5, 0.6) is 0 Å². The SMILES string of the molecule is O[C@@H](C#Cc1ccccc1)C[C@H](O)c1ccco1. The minimum absolute atomic E-state index is 0.132. The Kier molecular flexibility index (Phi) is 4.19. The van der Waals surface area contributed by atoms with Gasteiger partial charge < -0.3 is 14.6 Å². The molecule has 18 heavy (non-hydrogen) atoms. The quantitative estimate of drug-likeness (QED) is 0.810. The highest BCUT2D eigenvalue weighted by Crippen LogP contribution is 2.18. The first-order chi connectivity index (χ1) is 8.75. The Morgan fingerprint density at radius 2 is 1.83 bits per heavy atom. The van der Waals surface area contributed by atoms with E-state index in [9.17, 15) is 10.2 Å². The van der Waals surface area contributed by atoms with Gasteiger partial charge in [-0.1, -0.05) is 30.0 Å². The van der Waals surface area contributed by atoms with Crippen molar-refractivity contribution in [2.75, 3.05) is 0 Å². The minimum Gasteiger partial charge on any atom is -0.467 e. The van der Waals surface area contributed by atoms with Crippen molar-refractivity contribution in [1.29, 1.82) is 0 Å². The molecule has 0 fully saturated rings. The van der Waals surface area contributed by atoms with Gasteiger partial charge >= 0.3 is 0 Å². The molecule has 0 aliphatic rings. The number of aliphatic hydroxyl groups is 2. The molecule has 3 nitrogen and oxygen atoms in total. The Morgan fingerprint density at radius 3 is 2.50 bits per heavy atom. The van der Waals surface area contributed by atoms with E-state index in [4.69, 9.17) is 4.42 Å². The summed E-state index contributed by atoms with van der Waals surface area (Å²) in [6, 6.07) is 12.8.